The van der Waals surface area contributed by atoms with Gasteiger partial charge in [-0.05, 0) is 45.4 Å². The zero-order chi connectivity index (χ0) is 14.0. The Morgan fingerprint density at radius 2 is 1.65 bits per heavy atom. The molecule has 0 amide bonds. The Morgan fingerprint density at radius 1 is 1.05 bits per heavy atom. The summed E-state index contributed by atoms with van der Waals surface area (Å²) in [7, 11) is 0.0359. The van der Waals surface area contributed by atoms with E-state index in [0.29, 0.717) is 15.6 Å². The third kappa shape index (κ3) is 4.11. The molecule has 0 bridgehead atoms. The third-order valence-corrected chi connectivity index (χ3v) is 4.76. The topological polar surface area (TPSA) is 17.1 Å². The Hall–Kier alpha value is -0.283. The van der Waals surface area contributed by atoms with Crippen molar-refractivity contribution in [3.8, 4) is 0 Å². The first-order chi connectivity index (χ1) is 8.99. The molecule has 0 fully saturated rings. The Morgan fingerprint density at radius 3 is 2.20 bits per heavy atom. The van der Waals surface area contributed by atoms with Crippen molar-refractivity contribution in [1.82, 2.24) is 0 Å². The maximum absolute atomic E-state index is 12.3. The van der Waals surface area contributed by atoms with Crippen LogP contribution < -0.4 is 5.30 Å². The molecule has 0 aromatic heterocycles. The Labute approximate surface area is 143 Å². The van der Waals surface area contributed by atoms with Crippen LogP contribution in [0.2, 0.25) is 10.0 Å². The van der Waals surface area contributed by atoms with Gasteiger partial charge in [-0.15, -0.1) is 0 Å². The standard InChI is InChI=1S/C15H13Cl2OP.Li.H/c1-9-6-7-13(10(2)8-9)19-15(18)14-11(16)4-3-5-12(14)17;;/h3-8,19H,1-2H3;;. The van der Waals surface area contributed by atoms with E-state index in [1.165, 1.54) is 5.56 Å². The molecule has 2 aromatic carbocycles. The molecule has 0 N–H and O–H groups in total. The fraction of sp³-hybridized carbons (Fsp3) is 0.133. The summed E-state index contributed by atoms with van der Waals surface area (Å²) in [5, 5.41) is 1.86. The van der Waals surface area contributed by atoms with Crippen molar-refractivity contribution in [2.75, 3.05) is 0 Å². The van der Waals surface area contributed by atoms with E-state index < -0.39 is 0 Å². The van der Waals surface area contributed by atoms with Gasteiger partial charge in [0.1, 0.15) is 0 Å². The van der Waals surface area contributed by atoms with Crippen LogP contribution in [0.4, 0.5) is 0 Å². The number of halogens is 2. The molecule has 0 saturated heterocycles. The predicted octanol–water partition coefficient (Wildman–Crippen LogP) is 4.11. The first-order valence-electron chi connectivity index (χ1n) is 5.81. The van der Waals surface area contributed by atoms with Crippen LogP contribution in [0.5, 0.6) is 0 Å². The normalized spacial score (nSPS) is 10.6. The van der Waals surface area contributed by atoms with E-state index in [-0.39, 0.29) is 33.0 Å². The van der Waals surface area contributed by atoms with E-state index in [1.54, 1.807) is 18.2 Å². The fourth-order valence-electron chi connectivity index (χ4n) is 1.85. The van der Waals surface area contributed by atoms with Gasteiger partial charge in [-0.25, -0.2) is 0 Å². The van der Waals surface area contributed by atoms with E-state index in [0.717, 1.165) is 10.9 Å². The second kappa shape index (κ2) is 7.65. The fourth-order valence-corrected chi connectivity index (χ4v) is 3.66. The summed E-state index contributed by atoms with van der Waals surface area (Å²) in [6.07, 6.45) is 0. The van der Waals surface area contributed by atoms with Crippen LogP contribution in [0.25, 0.3) is 0 Å². The number of rotatable bonds is 3. The van der Waals surface area contributed by atoms with Crippen LogP contribution in [0.1, 0.15) is 21.5 Å². The average Bonchev–Trinajstić information content (AvgIpc) is 2.32. The minimum absolute atomic E-state index is 0. The molecular formula is C15H14Cl2LiOP. The summed E-state index contributed by atoms with van der Waals surface area (Å²) in [6, 6.07) is 11.2. The molecular weight excluding hydrogens is 305 g/mol. The maximum atomic E-state index is 12.3. The van der Waals surface area contributed by atoms with Gasteiger partial charge in [-0.1, -0.05) is 53.0 Å². The van der Waals surface area contributed by atoms with E-state index >= 15 is 0 Å². The zero-order valence-electron chi connectivity index (χ0n) is 10.6. The van der Waals surface area contributed by atoms with Gasteiger partial charge in [0.15, 0.2) is 5.52 Å². The van der Waals surface area contributed by atoms with Crippen LogP contribution in [0, 0.1) is 13.8 Å². The number of benzene rings is 2. The van der Waals surface area contributed by atoms with Gasteiger partial charge < -0.3 is 0 Å². The Bertz CT molecular complexity index is 624. The van der Waals surface area contributed by atoms with Gasteiger partial charge in [-0.3, -0.25) is 4.79 Å². The third-order valence-electron chi connectivity index (χ3n) is 2.82. The van der Waals surface area contributed by atoms with Crippen molar-refractivity contribution in [2.45, 2.75) is 13.8 Å². The monoisotopic (exact) mass is 318 g/mol. The summed E-state index contributed by atoms with van der Waals surface area (Å²) in [5.74, 6) is 0. The zero-order valence-corrected chi connectivity index (χ0v) is 13.1. The predicted molar refractivity (Wildman–Crippen MR) is 91.8 cm³/mol. The molecule has 0 aliphatic heterocycles. The van der Waals surface area contributed by atoms with E-state index in [4.69, 9.17) is 23.2 Å². The molecule has 1 nitrogen and oxygen atoms in total. The van der Waals surface area contributed by atoms with Gasteiger partial charge in [0.2, 0.25) is 0 Å². The van der Waals surface area contributed by atoms with Crippen molar-refractivity contribution in [1.29, 1.82) is 0 Å². The quantitative estimate of drug-likeness (QED) is 0.615. The molecule has 0 heterocycles. The van der Waals surface area contributed by atoms with Crippen LogP contribution in [-0.4, -0.2) is 24.4 Å². The summed E-state index contributed by atoms with van der Waals surface area (Å²) >= 11 is 12.1. The molecule has 100 valence electrons. The van der Waals surface area contributed by atoms with Gasteiger partial charge in [0, 0.05) is 0 Å². The Balaban J connectivity index is 0.00000200. The molecule has 1 unspecified atom stereocenters. The molecule has 0 aliphatic rings. The minimum atomic E-state index is -0.0254. The van der Waals surface area contributed by atoms with Gasteiger partial charge in [-0.2, -0.15) is 0 Å². The number of carbonyl (C=O) groups is 1. The first kappa shape index (κ1) is 17.8. The van der Waals surface area contributed by atoms with Crippen molar-refractivity contribution in [3.63, 3.8) is 0 Å². The van der Waals surface area contributed by atoms with Crippen LogP contribution in [-0.2, 0) is 0 Å². The number of hydrogen-bond acceptors (Lipinski definition) is 1. The van der Waals surface area contributed by atoms with Crippen molar-refractivity contribution >= 4 is 61.5 Å². The van der Waals surface area contributed by atoms with Crippen LogP contribution in [0.15, 0.2) is 36.4 Å². The van der Waals surface area contributed by atoms with E-state index in [2.05, 4.69) is 6.07 Å². The molecule has 5 heteroatoms. The molecule has 1 atom stereocenters. The van der Waals surface area contributed by atoms with Crippen molar-refractivity contribution in [3.05, 3.63) is 63.1 Å². The van der Waals surface area contributed by atoms with E-state index in [1.807, 2.05) is 26.0 Å². The van der Waals surface area contributed by atoms with Crippen LogP contribution >= 0.6 is 31.8 Å². The molecule has 0 radical (unpaired) electrons. The van der Waals surface area contributed by atoms with Gasteiger partial charge in [0.25, 0.3) is 0 Å². The number of carbonyl (C=O) groups excluding carboxylic acids is 1. The van der Waals surface area contributed by atoms with Crippen molar-refractivity contribution in [2.24, 2.45) is 0 Å². The Kier molecular flexibility index (Phi) is 6.79. The first-order valence-corrected chi connectivity index (χ1v) is 7.57. The van der Waals surface area contributed by atoms with E-state index in [9.17, 15) is 4.79 Å². The average molecular weight is 319 g/mol. The summed E-state index contributed by atoms with van der Waals surface area (Å²) in [4.78, 5) is 12.3. The number of aryl methyl sites for hydroxylation is 2. The van der Waals surface area contributed by atoms with Gasteiger partial charge >= 0.3 is 18.9 Å². The molecule has 0 saturated carbocycles. The summed E-state index contributed by atoms with van der Waals surface area (Å²) in [6.45, 7) is 4.05. The van der Waals surface area contributed by atoms with Gasteiger partial charge in [0.05, 0.1) is 15.6 Å². The summed E-state index contributed by atoms with van der Waals surface area (Å²) < 4.78 is 0. The molecule has 2 rings (SSSR count). The summed E-state index contributed by atoms with van der Waals surface area (Å²) in [5.41, 5.74) is 2.70. The molecule has 20 heavy (non-hydrogen) atoms. The second-order valence-corrected chi connectivity index (χ2v) is 6.43. The number of hydrogen-bond donors (Lipinski definition) is 0. The second-order valence-electron chi connectivity index (χ2n) is 4.37. The van der Waals surface area contributed by atoms with Crippen LogP contribution in [0.3, 0.4) is 0 Å². The molecule has 0 spiro atoms. The SMILES string of the molecule is Cc1ccc(PC(=O)c2c(Cl)cccc2Cl)c(C)c1.[LiH]. The molecule has 2 aromatic rings. The van der Waals surface area contributed by atoms with Crippen molar-refractivity contribution < 1.29 is 4.79 Å². The molecule has 0 aliphatic carbocycles.